The first-order valence-electron chi connectivity index (χ1n) is 7.58. The lowest BCUT2D eigenvalue weighted by molar-refractivity contribution is 0.102. The highest BCUT2D eigenvalue weighted by Gasteiger charge is 2.08. The topological polar surface area (TPSA) is 63.2 Å². The number of hydrogen-bond donors (Lipinski definition) is 2. The predicted octanol–water partition coefficient (Wildman–Crippen LogP) is 4.85. The molecule has 0 bridgehead atoms. The van der Waals surface area contributed by atoms with E-state index < -0.39 is 0 Å². The van der Waals surface area contributed by atoms with Gasteiger partial charge in [0.05, 0.1) is 19.0 Å². The van der Waals surface area contributed by atoms with Crippen LogP contribution in [-0.2, 0) is 0 Å². The average Bonchev–Trinajstić information content (AvgIpc) is 2.63. The number of ether oxygens (including phenoxy) is 1. The number of carbonyl (C=O) groups is 1. The molecule has 6 heteroatoms. The van der Waals surface area contributed by atoms with Gasteiger partial charge in [-0.3, -0.25) is 4.79 Å². The number of benzene rings is 2. The molecule has 0 spiro atoms. The number of rotatable bonds is 5. The summed E-state index contributed by atoms with van der Waals surface area (Å²) in [5.41, 5.74) is 2.77. The number of amides is 1. The van der Waals surface area contributed by atoms with Crippen molar-refractivity contribution >= 4 is 38.9 Å². The second-order valence-corrected chi connectivity index (χ2v) is 6.17. The van der Waals surface area contributed by atoms with E-state index in [1.54, 1.807) is 43.6 Å². The molecular formula is C19H16BrN3O2. The normalized spacial score (nSPS) is 10.2. The predicted molar refractivity (Wildman–Crippen MR) is 103 cm³/mol. The second-order valence-electron chi connectivity index (χ2n) is 5.25. The van der Waals surface area contributed by atoms with E-state index in [2.05, 4.69) is 31.5 Å². The number of anilines is 3. The fraction of sp³-hybridized carbons (Fsp3) is 0.0526. The van der Waals surface area contributed by atoms with Crippen LogP contribution >= 0.6 is 15.9 Å². The van der Waals surface area contributed by atoms with Gasteiger partial charge in [-0.2, -0.15) is 0 Å². The second kappa shape index (κ2) is 7.81. The first-order chi connectivity index (χ1) is 12.1. The van der Waals surface area contributed by atoms with Crippen molar-refractivity contribution in [1.29, 1.82) is 0 Å². The minimum Gasteiger partial charge on any atom is -0.497 e. The van der Waals surface area contributed by atoms with Crippen molar-refractivity contribution in [3.05, 3.63) is 77.0 Å². The molecule has 0 atom stereocenters. The summed E-state index contributed by atoms with van der Waals surface area (Å²) >= 11 is 3.43. The summed E-state index contributed by atoms with van der Waals surface area (Å²) in [5, 5.41) is 6.04. The Labute approximate surface area is 154 Å². The number of aromatic nitrogens is 1. The molecule has 0 aliphatic rings. The van der Waals surface area contributed by atoms with Gasteiger partial charge in [-0.1, -0.05) is 22.0 Å². The van der Waals surface area contributed by atoms with Crippen LogP contribution in [0.25, 0.3) is 0 Å². The summed E-state index contributed by atoms with van der Waals surface area (Å²) in [6.07, 6.45) is 1.63. The third kappa shape index (κ3) is 4.58. The van der Waals surface area contributed by atoms with Gasteiger partial charge in [0.1, 0.15) is 11.4 Å². The summed E-state index contributed by atoms with van der Waals surface area (Å²) in [7, 11) is 1.60. The number of pyridine rings is 1. The van der Waals surface area contributed by atoms with Gasteiger partial charge in [0, 0.05) is 15.8 Å². The third-order valence-electron chi connectivity index (χ3n) is 3.46. The van der Waals surface area contributed by atoms with Crippen LogP contribution in [0.1, 0.15) is 10.5 Å². The van der Waals surface area contributed by atoms with Crippen LogP contribution < -0.4 is 15.4 Å². The number of nitrogens with zero attached hydrogens (tertiary/aromatic N) is 1. The Hall–Kier alpha value is -2.86. The maximum Gasteiger partial charge on any atom is 0.274 e. The average molecular weight is 398 g/mol. The highest BCUT2D eigenvalue weighted by molar-refractivity contribution is 9.10. The zero-order valence-corrected chi connectivity index (χ0v) is 15.1. The highest BCUT2D eigenvalue weighted by atomic mass is 79.9. The minimum absolute atomic E-state index is 0.265. The molecule has 3 aromatic rings. The van der Waals surface area contributed by atoms with Crippen molar-refractivity contribution < 1.29 is 9.53 Å². The SMILES string of the molecule is COc1ccc(NC(=O)c2ccc(Nc3cccc(Br)c3)cn2)cc1. The van der Waals surface area contributed by atoms with Gasteiger partial charge < -0.3 is 15.4 Å². The summed E-state index contributed by atoms with van der Waals surface area (Å²) in [6.45, 7) is 0. The maximum absolute atomic E-state index is 12.3. The number of carbonyl (C=O) groups excluding carboxylic acids is 1. The number of methoxy groups -OCH3 is 1. The molecule has 0 aliphatic heterocycles. The maximum atomic E-state index is 12.3. The van der Waals surface area contributed by atoms with E-state index in [9.17, 15) is 4.79 Å². The van der Waals surface area contributed by atoms with Crippen LogP contribution in [0.4, 0.5) is 17.1 Å². The van der Waals surface area contributed by atoms with Gasteiger partial charge in [-0.25, -0.2) is 4.98 Å². The van der Waals surface area contributed by atoms with Crippen LogP contribution in [-0.4, -0.2) is 18.0 Å². The van der Waals surface area contributed by atoms with Crippen molar-refractivity contribution in [1.82, 2.24) is 4.98 Å². The Morgan fingerprint density at radius 3 is 2.40 bits per heavy atom. The van der Waals surface area contributed by atoms with Crippen molar-refractivity contribution in [3.63, 3.8) is 0 Å². The molecule has 1 heterocycles. The van der Waals surface area contributed by atoms with Crippen LogP contribution in [0, 0.1) is 0 Å². The number of nitrogens with one attached hydrogen (secondary N) is 2. The largest absolute Gasteiger partial charge is 0.497 e. The Bertz CT molecular complexity index is 865. The summed E-state index contributed by atoms with van der Waals surface area (Å²) < 4.78 is 6.08. The van der Waals surface area contributed by atoms with Gasteiger partial charge in [-0.05, 0) is 54.6 Å². The number of hydrogen-bond acceptors (Lipinski definition) is 4. The zero-order chi connectivity index (χ0) is 17.6. The molecule has 0 radical (unpaired) electrons. The van der Waals surface area contributed by atoms with Gasteiger partial charge in [0.25, 0.3) is 5.91 Å². The highest BCUT2D eigenvalue weighted by Crippen LogP contribution is 2.20. The molecule has 126 valence electrons. The molecule has 0 saturated carbocycles. The molecule has 2 aromatic carbocycles. The Kier molecular flexibility index (Phi) is 5.30. The molecule has 3 rings (SSSR count). The lowest BCUT2D eigenvalue weighted by Crippen LogP contribution is -2.13. The summed E-state index contributed by atoms with van der Waals surface area (Å²) in [4.78, 5) is 16.5. The molecule has 25 heavy (non-hydrogen) atoms. The van der Waals surface area contributed by atoms with E-state index >= 15 is 0 Å². The first kappa shape index (κ1) is 17.0. The van der Waals surface area contributed by atoms with Gasteiger partial charge in [-0.15, -0.1) is 0 Å². The van der Waals surface area contributed by atoms with E-state index in [1.807, 2.05) is 30.3 Å². The van der Waals surface area contributed by atoms with E-state index in [0.29, 0.717) is 11.4 Å². The van der Waals surface area contributed by atoms with E-state index in [0.717, 1.165) is 21.6 Å². The zero-order valence-electron chi connectivity index (χ0n) is 13.5. The van der Waals surface area contributed by atoms with Crippen molar-refractivity contribution in [2.45, 2.75) is 0 Å². The first-order valence-corrected chi connectivity index (χ1v) is 8.37. The van der Waals surface area contributed by atoms with Gasteiger partial charge >= 0.3 is 0 Å². The Morgan fingerprint density at radius 1 is 1.00 bits per heavy atom. The molecule has 0 unspecified atom stereocenters. The summed E-state index contributed by atoms with van der Waals surface area (Å²) in [5.74, 6) is 0.471. The summed E-state index contributed by atoms with van der Waals surface area (Å²) in [6, 6.07) is 18.4. The van der Waals surface area contributed by atoms with Crippen LogP contribution in [0.3, 0.4) is 0 Å². The van der Waals surface area contributed by atoms with E-state index in [4.69, 9.17) is 4.74 Å². The fourth-order valence-electron chi connectivity index (χ4n) is 2.20. The van der Waals surface area contributed by atoms with Crippen LogP contribution in [0.5, 0.6) is 5.75 Å². The van der Waals surface area contributed by atoms with Gasteiger partial charge in [0.2, 0.25) is 0 Å². The smallest absolute Gasteiger partial charge is 0.274 e. The van der Waals surface area contributed by atoms with E-state index in [1.165, 1.54) is 0 Å². The molecule has 1 aromatic heterocycles. The monoisotopic (exact) mass is 397 g/mol. The molecule has 0 fully saturated rings. The molecule has 2 N–H and O–H groups in total. The molecule has 0 saturated heterocycles. The fourth-order valence-corrected chi connectivity index (χ4v) is 2.60. The number of halogens is 1. The van der Waals surface area contributed by atoms with E-state index in [-0.39, 0.29) is 5.91 Å². The molecule has 0 aliphatic carbocycles. The van der Waals surface area contributed by atoms with Crippen molar-refractivity contribution in [2.24, 2.45) is 0 Å². The quantitative estimate of drug-likeness (QED) is 0.645. The van der Waals surface area contributed by atoms with Crippen LogP contribution in [0.2, 0.25) is 0 Å². The van der Waals surface area contributed by atoms with Gasteiger partial charge in [0.15, 0.2) is 0 Å². The molecular weight excluding hydrogens is 382 g/mol. The minimum atomic E-state index is -0.265. The lowest BCUT2D eigenvalue weighted by Gasteiger charge is -2.08. The van der Waals surface area contributed by atoms with Crippen molar-refractivity contribution in [3.8, 4) is 5.75 Å². The molecule has 1 amide bonds. The Morgan fingerprint density at radius 2 is 1.76 bits per heavy atom. The standard InChI is InChI=1S/C19H16BrN3O2/c1-25-17-8-5-14(6-9-17)23-19(24)18-10-7-16(12-21-18)22-15-4-2-3-13(20)11-15/h2-12,22H,1H3,(H,23,24). The third-order valence-corrected chi connectivity index (χ3v) is 3.95. The van der Waals surface area contributed by atoms with Crippen molar-refractivity contribution in [2.75, 3.05) is 17.7 Å². The van der Waals surface area contributed by atoms with Crippen LogP contribution in [0.15, 0.2) is 71.3 Å². The molecule has 5 nitrogen and oxygen atoms in total. The lowest BCUT2D eigenvalue weighted by atomic mass is 10.2. The Balaban J connectivity index is 1.65.